The lowest BCUT2D eigenvalue weighted by atomic mass is 10.1. The summed E-state index contributed by atoms with van der Waals surface area (Å²) in [7, 11) is 0. The SMILES string of the molecule is CCc1sc(=NC(=O)c2ccc(C)cc2)n(CC)c1-c1ccc(Cl)cc1. The zero-order valence-electron chi connectivity index (χ0n) is 15.1. The van der Waals surface area contributed by atoms with Gasteiger partial charge in [-0.3, -0.25) is 4.79 Å². The van der Waals surface area contributed by atoms with Gasteiger partial charge in [0.1, 0.15) is 0 Å². The molecule has 0 saturated carbocycles. The molecule has 2 aromatic carbocycles. The fraction of sp³-hybridized carbons (Fsp3) is 0.238. The molecule has 0 saturated heterocycles. The number of benzene rings is 2. The van der Waals surface area contributed by atoms with Crippen molar-refractivity contribution in [3.05, 3.63) is 74.4 Å². The van der Waals surface area contributed by atoms with Crippen LogP contribution in [0.1, 0.15) is 34.6 Å². The van der Waals surface area contributed by atoms with Crippen molar-refractivity contribution < 1.29 is 4.79 Å². The number of nitrogens with zero attached hydrogens (tertiary/aromatic N) is 2. The Morgan fingerprint density at radius 1 is 1.08 bits per heavy atom. The average molecular weight is 385 g/mol. The number of amides is 1. The van der Waals surface area contributed by atoms with E-state index in [9.17, 15) is 4.79 Å². The Kier molecular flexibility index (Phi) is 5.74. The lowest BCUT2D eigenvalue weighted by Gasteiger charge is -2.08. The first-order chi connectivity index (χ1) is 12.5. The fourth-order valence-corrected chi connectivity index (χ4v) is 4.12. The van der Waals surface area contributed by atoms with Crippen LogP contribution >= 0.6 is 22.9 Å². The van der Waals surface area contributed by atoms with Gasteiger partial charge >= 0.3 is 0 Å². The van der Waals surface area contributed by atoms with Gasteiger partial charge in [-0.05, 0) is 50.1 Å². The maximum Gasteiger partial charge on any atom is 0.279 e. The molecule has 3 rings (SSSR count). The third kappa shape index (κ3) is 3.81. The molecule has 0 fully saturated rings. The molecule has 0 aliphatic rings. The first-order valence-electron chi connectivity index (χ1n) is 8.67. The number of carbonyl (C=O) groups excluding carboxylic acids is 1. The van der Waals surface area contributed by atoms with Gasteiger partial charge in [-0.1, -0.05) is 48.4 Å². The van der Waals surface area contributed by atoms with Gasteiger partial charge in [0.15, 0.2) is 4.80 Å². The molecule has 0 N–H and O–H groups in total. The highest BCUT2D eigenvalue weighted by molar-refractivity contribution is 7.09. The van der Waals surface area contributed by atoms with Crippen molar-refractivity contribution in [2.45, 2.75) is 33.7 Å². The average Bonchev–Trinajstić information content (AvgIpc) is 3.00. The zero-order chi connectivity index (χ0) is 18.7. The number of hydrogen-bond donors (Lipinski definition) is 0. The number of thiazole rings is 1. The molecule has 3 aromatic rings. The molecule has 0 unspecified atom stereocenters. The van der Waals surface area contributed by atoms with Crippen molar-refractivity contribution in [1.29, 1.82) is 0 Å². The van der Waals surface area contributed by atoms with Gasteiger partial charge in [-0.15, -0.1) is 11.3 Å². The molecule has 5 heteroatoms. The van der Waals surface area contributed by atoms with Gasteiger partial charge in [0.2, 0.25) is 0 Å². The summed E-state index contributed by atoms with van der Waals surface area (Å²) in [6.45, 7) is 6.94. The third-order valence-electron chi connectivity index (χ3n) is 4.23. The molecule has 26 heavy (non-hydrogen) atoms. The largest absolute Gasteiger partial charge is 0.316 e. The van der Waals surface area contributed by atoms with E-state index in [-0.39, 0.29) is 5.91 Å². The molecule has 1 amide bonds. The Morgan fingerprint density at radius 2 is 1.73 bits per heavy atom. The summed E-state index contributed by atoms with van der Waals surface area (Å²) >= 11 is 7.61. The molecule has 3 nitrogen and oxygen atoms in total. The van der Waals surface area contributed by atoms with Crippen LogP contribution in [0.4, 0.5) is 0 Å². The molecular weight excluding hydrogens is 364 g/mol. The Hall–Kier alpha value is -2.17. The minimum Gasteiger partial charge on any atom is -0.316 e. The van der Waals surface area contributed by atoms with Gasteiger partial charge in [-0.2, -0.15) is 4.99 Å². The van der Waals surface area contributed by atoms with Crippen molar-refractivity contribution in [3.8, 4) is 11.3 Å². The highest BCUT2D eigenvalue weighted by atomic mass is 35.5. The molecule has 0 atom stereocenters. The third-order valence-corrected chi connectivity index (χ3v) is 5.70. The van der Waals surface area contributed by atoms with Crippen LogP contribution in [0.15, 0.2) is 53.5 Å². The number of aromatic nitrogens is 1. The second-order valence-corrected chi connectivity index (χ2v) is 7.54. The second kappa shape index (κ2) is 8.02. The first kappa shape index (κ1) is 18.6. The van der Waals surface area contributed by atoms with Crippen molar-refractivity contribution in [2.75, 3.05) is 0 Å². The summed E-state index contributed by atoms with van der Waals surface area (Å²) in [6.07, 6.45) is 0.886. The summed E-state index contributed by atoms with van der Waals surface area (Å²) in [4.78, 5) is 19.0. The molecule has 1 aromatic heterocycles. The molecule has 0 radical (unpaired) electrons. The highest BCUT2D eigenvalue weighted by Crippen LogP contribution is 2.27. The summed E-state index contributed by atoms with van der Waals surface area (Å²) in [5.74, 6) is -0.209. The topological polar surface area (TPSA) is 34.4 Å². The molecule has 0 bridgehead atoms. The van der Waals surface area contributed by atoms with E-state index >= 15 is 0 Å². The van der Waals surface area contributed by atoms with Crippen LogP contribution in [0.5, 0.6) is 0 Å². The Labute approximate surface area is 162 Å². The van der Waals surface area contributed by atoms with Crippen LogP contribution < -0.4 is 4.80 Å². The van der Waals surface area contributed by atoms with E-state index in [0.29, 0.717) is 10.6 Å². The lowest BCUT2D eigenvalue weighted by Crippen LogP contribution is -2.17. The number of halogens is 1. The van der Waals surface area contributed by atoms with E-state index in [2.05, 4.69) is 23.4 Å². The van der Waals surface area contributed by atoms with E-state index in [1.807, 2.05) is 55.5 Å². The summed E-state index contributed by atoms with van der Waals surface area (Å²) in [6, 6.07) is 15.3. The van der Waals surface area contributed by atoms with E-state index in [1.165, 1.54) is 4.88 Å². The molecular formula is C21H21ClN2OS. The predicted octanol–water partition coefficient (Wildman–Crippen LogP) is 5.50. The van der Waals surface area contributed by atoms with Crippen LogP contribution in [0.3, 0.4) is 0 Å². The molecule has 134 valence electrons. The maximum absolute atomic E-state index is 12.6. The number of carbonyl (C=O) groups is 1. The van der Waals surface area contributed by atoms with Crippen molar-refractivity contribution >= 4 is 28.8 Å². The van der Waals surface area contributed by atoms with Gasteiger partial charge in [0, 0.05) is 22.0 Å². The smallest absolute Gasteiger partial charge is 0.279 e. The Balaban J connectivity index is 2.12. The normalized spacial score (nSPS) is 11.8. The molecule has 0 aliphatic heterocycles. The Morgan fingerprint density at radius 3 is 2.31 bits per heavy atom. The van der Waals surface area contributed by atoms with Crippen LogP contribution in [-0.2, 0) is 13.0 Å². The van der Waals surface area contributed by atoms with Crippen LogP contribution in [0.2, 0.25) is 5.02 Å². The first-order valence-corrected chi connectivity index (χ1v) is 9.87. The van der Waals surface area contributed by atoms with E-state index in [4.69, 9.17) is 11.6 Å². The van der Waals surface area contributed by atoms with Crippen molar-refractivity contribution in [1.82, 2.24) is 4.57 Å². The van der Waals surface area contributed by atoms with Crippen LogP contribution in [0, 0.1) is 6.92 Å². The predicted molar refractivity (Wildman–Crippen MR) is 109 cm³/mol. The standard InChI is InChI=1S/C21H21ClN2OS/c1-4-18-19(15-10-12-17(22)13-11-15)24(5-2)21(26-18)23-20(25)16-8-6-14(3)7-9-16/h6-13H,4-5H2,1-3H3. The minimum absolute atomic E-state index is 0.209. The quantitative estimate of drug-likeness (QED) is 0.584. The van der Waals surface area contributed by atoms with Gasteiger partial charge in [0.25, 0.3) is 5.91 Å². The summed E-state index contributed by atoms with van der Waals surface area (Å²) < 4.78 is 2.11. The molecule has 1 heterocycles. The van der Waals surface area contributed by atoms with Gasteiger partial charge in [0.05, 0.1) is 5.69 Å². The van der Waals surface area contributed by atoms with Crippen molar-refractivity contribution in [2.24, 2.45) is 4.99 Å². The van der Waals surface area contributed by atoms with Crippen LogP contribution in [0.25, 0.3) is 11.3 Å². The van der Waals surface area contributed by atoms with Gasteiger partial charge in [-0.25, -0.2) is 0 Å². The minimum atomic E-state index is -0.209. The van der Waals surface area contributed by atoms with E-state index in [1.54, 1.807) is 11.3 Å². The molecule has 0 spiro atoms. The molecule has 0 aliphatic carbocycles. The summed E-state index contributed by atoms with van der Waals surface area (Å²) in [5, 5.41) is 0.713. The Bertz CT molecular complexity index is 982. The lowest BCUT2D eigenvalue weighted by molar-refractivity contribution is 0.0998. The van der Waals surface area contributed by atoms with Gasteiger partial charge < -0.3 is 4.57 Å². The number of hydrogen-bond acceptors (Lipinski definition) is 2. The fourth-order valence-electron chi connectivity index (χ4n) is 2.85. The summed E-state index contributed by atoms with van der Waals surface area (Å²) in [5.41, 5.74) is 3.94. The second-order valence-electron chi connectivity index (χ2n) is 6.04. The maximum atomic E-state index is 12.6. The number of rotatable bonds is 4. The monoisotopic (exact) mass is 384 g/mol. The van der Waals surface area contributed by atoms with E-state index in [0.717, 1.165) is 34.6 Å². The van der Waals surface area contributed by atoms with E-state index < -0.39 is 0 Å². The zero-order valence-corrected chi connectivity index (χ0v) is 16.7. The van der Waals surface area contributed by atoms with Crippen molar-refractivity contribution in [3.63, 3.8) is 0 Å². The highest BCUT2D eigenvalue weighted by Gasteiger charge is 2.15. The number of aryl methyl sites for hydroxylation is 2. The van der Waals surface area contributed by atoms with Crippen LogP contribution in [-0.4, -0.2) is 10.5 Å².